The molecule has 0 saturated heterocycles. The number of hydrogen-bond acceptors (Lipinski definition) is 3. The molecule has 2 aromatic rings. The van der Waals surface area contributed by atoms with E-state index in [0.29, 0.717) is 18.5 Å². The molecule has 0 aliphatic carbocycles. The zero-order valence-electron chi connectivity index (χ0n) is 10.3. The molecule has 18 heavy (non-hydrogen) atoms. The van der Waals surface area contributed by atoms with Gasteiger partial charge in [0.25, 0.3) is 0 Å². The maximum absolute atomic E-state index is 11.8. The lowest BCUT2D eigenvalue weighted by Gasteiger charge is -2.09. The number of carbonyl (C=O) groups is 1. The summed E-state index contributed by atoms with van der Waals surface area (Å²) in [6, 6.07) is 9.16. The Hall–Kier alpha value is -2.23. The van der Waals surface area contributed by atoms with E-state index in [0.717, 1.165) is 17.0 Å². The van der Waals surface area contributed by atoms with Crippen LogP contribution < -0.4 is 11.1 Å². The van der Waals surface area contributed by atoms with Crippen LogP contribution in [0.5, 0.6) is 0 Å². The largest absolute Gasteiger partial charge is 0.469 e. The number of furan rings is 1. The number of amides is 1. The predicted octanol–water partition coefficient (Wildman–Crippen LogP) is 2.74. The second kappa shape index (κ2) is 5.40. The molecule has 94 valence electrons. The summed E-state index contributed by atoms with van der Waals surface area (Å²) in [4.78, 5) is 11.8. The second-order valence-corrected chi connectivity index (χ2v) is 4.15. The number of benzene rings is 1. The monoisotopic (exact) mass is 244 g/mol. The third-order valence-electron chi connectivity index (χ3n) is 2.83. The van der Waals surface area contributed by atoms with Crippen LogP contribution in [0.4, 0.5) is 11.4 Å². The van der Waals surface area contributed by atoms with Gasteiger partial charge in [0.2, 0.25) is 5.91 Å². The van der Waals surface area contributed by atoms with Crippen molar-refractivity contribution >= 4 is 17.3 Å². The van der Waals surface area contributed by atoms with Crippen LogP contribution in [-0.4, -0.2) is 5.91 Å². The molecule has 1 amide bonds. The molecule has 0 aliphatic heterocycles. The number of carbonyl (C=O) groups excluding carboxylic acids is 1. The number of nitrogens with two attached hydrogens (primary N) is 1. The average Bonchev–Trinajstić information content (AvgIpc) is 2.86. The Morgan fingerprint density at radius 3 is 2.89 bits per heavy atom. The minimum absolute atomic E-state index is 0.0416. The maximum atomic E-state index is 11.8. The number of anilines is 2. The summed E-state index contributed by atoms with van der Waals surface area (Å²) >= 11 is 0. The van der Waals surface area contributed by atoms with E-state index in [-0.39, 0.29) is 5.91 Å². The summed E-state index contributed by atoms with van der Waals surface area (Å²) < 4.78 is 5.18. The first-order valence-corrected chi connectivity index (χ1v) is 5.84. The first-order valence-electron chi connectivity index (χ1n) is 5.84. The van der Waals surface area contributed by atoms with E-state index in [4.69, 9.17) is 10.2 Å². The molecule has 1 heterocycles. The summed E-state index contributed by atoms with van der Waals surface area (Å²) in [6.45, 7) is 1.89. The molecule has 0 unspecified atom stereocenters. The van der Waals surface area contributed by atoms with Gasteiger partial charge in [0, 0.05) is 24.2 Å². The van der Waals surface area contributed by atoms with E-state index in [9.17, 15) is 4.79 Å². The fourth-order valence-electron chi connectivity index (χ4n) is 1.69. The van der Waals surface area contributed by atoms with Crippen molar-refractivity contribution in [2.75, 3.05) is 11.1 Å². The molecule has 0 spiro atoms. The van der Waals surface area contributed by atoms with Crippen molar-refractivity contribution in [3.05, 3.63) is 47.9 Å². The highest BCUT2D eigenvalue weighted by Crippen LogP contribution is 2.20. The van der Waals surface area contributed by atoms with Gasteiger partial charge in [-0.1, -0.05) is 6.07 Å². The Labute approximate surface area is 106 Å². The Balaban J connectivity index is 1.93. The fourth-order valence-corrected chi connectivity index (χ4v) is 1.69. The van der Waals surface area contributed by atoms with E-state index < -0.39 is 0 Å². The Morgan fingerprint density at radius 2 is 2.17 bits per heavy atom. The summed E-state index contributed by atoms with van der Waals surface area (Å²) in [5.74, 6) is 0.773. The van der Waals surface area contributed by atoms with Gasteiger partial charge in [0.15, 0.2) is 0 Å². The van der Waals surface area contributed by atoms with Crippen LogP contribution in [0.2, 0.25) is 0 Å². The summed E-state index contributed by atoms with van der Waals surface area (Å²) in [6.07, 6.45) is 2.59. The van der Waals surface area contributed by atoms with Crippen LogP contribution in [0.15, 0.2) is 41.0 Å². The van der Waals surface area contributed by atoms with Crippen molar-refractivity contribution in [2.45, 2.75) is 19.8 Å². The third kappa shape index (κ3) is 2.91. The van der Waals surface area contributed by atoms with Gasteiger partial charge in [-0.15, -0.1) is 0 Å². The van der Waals surface area contributed by atoms with Gasteiger partial charge in [-0.2, -0.15) is 0 Å². The molecule has 1 aromatic carbocycles. The Bertz CT molecular complexity index is 533. The molecule has 0 aliphatic rings. The SMILES string of the molecule is Cc1c(N)cccc1NC(=O)CCc1ccco1. The van der Waals surface area contributed by atoms with Crippen LogP contribution in [0, 0.1) is 6.92 Å². The van der Waals surface area contributed by atoms with E-state index in [1.807, 2.05) is 37.3 Å². The molecular formula is C14H16N2O2. The van der Waals surface area contributed by atoms with E-state index in [2.05, 4.69) is 5.32 Å². The zero-order chi connectivity index (χ0) is 13.0. The summed E-state index contributed by atoms with van der Waals surface area (Å²) in [7, 11) is 0. The molecule has 0 fully saturated rings. The van der Waals surface area contributed by atoms with Crippen LogP contribution in [-0.2, 0) is 11.2 Å². The predicted molar refractivity (Wildman–Crippen MR) is 71.3 cm³/mol. The smallest absolute Gasteiger partial charge is 0.224 e. The lowest BCUT2D eigenvalue weighted by Crippen LogP contribution is -2.13. The van der Waals surface area contributed by atoms with Gasteiger partial charge in [-0.3, -0.25) is 4.79 Å². The Kier molecular flexibility index (Phi) is 3.67. The van der Waals surface area contributed by atoms with E-state index in [1.54, 1.807) is 6.26 Å². The van der Waals surface area contributed by atoms with Gasteiger partial charge >= 0.3 is 0 Å². The number of nitrogen functional groups attached to an aromatic ring is 1. The van der Waals surface area contributed by atoms with Gasteiger partial charge in [-0.25, -0.2) is 0 Å². The molecule has 0 saturated carbocycles. The fraction of sp³-hybridized carbons (Fsp3) is 0.214. The summed E-state index contributed by atoms with van der Waals surface area (Å²) in [5.41, 5.74) is 8.12. The van der Waals surface area contributed by atoms with Crippen molar-refractivity contribution < 1.29 is 9.21 Å². The quantitative estimate of drug-likeness (QED) is 0.812. The van der Waals surface area contributed by atoms with Crippen LogP contribution >= 0.6 is 0 Å². The average molecular weight is 244 g/mol. The van der Waals surface area contributed by atoms with E-state index in [1.165, 1.54) is 0 Å². The highest BCUT2D eigenvalue weighted by Gasteiger charge is 2.07. The number of rotatable bonds is 4. The lowest BCUT2D eigenvalue weighted by molar-refractivity contribution is -0.116. The number of aryl methyl sites for hydroxylation is 1. The Morgan fingerprint density at radius 1 is 1.33 bits per heavy atom. The topological polar surface area (TPSA) is 68.3 Å². The first kappa shape index (κ1) is 12.2. The molecule has 0 radical (unpaired) electrons. The maximum Gasteiger partial charge on any atom is 0.224 e. The highest BCUT2D eigenvalue weighted by molar-refractivity contribution is 5.92. The molecule has 1 aromatic heterocycles. The van der Waals surface area contributed by atoms with Crippen LogP contribution in [0.3, 0.4) is 0 Å². The molecule has 2 rings (SSSR count). The summed E-state index contributed by atoms with van der Waals surface area (Å²) in [5, 5.41) is 2.85. The lowest BCUT2D eigenvalue weighted by atomic mass is 10.1. The minimum atomic E-state index is -0.0416. The van der Waals surface area contributed by atoms with Crippen LogP contribution in [0.25, 0.3) is 0 Å². The van der Waals surface area contributed by atoms with Crippen molar-refractivity contribution in [1.82, 2.24) is 0 Å². The molecule has 4 nitrogen and oxygen atoms in total. The second-order valence-electron chi connectivity index (χ2n) is 4.15. The molecule has 3 N–H and O–H groups in total. The highest BCUT2D eigenvalue weighted by atomic mass is 16.3. The van der Waals surface area contributed by atoms with Crippen molar-refractivity contribution in [2.24, 2.45) is 0 Å². The third-order valence-corrected chi connectivity index (χ3v) is 2.83. The van der Waals surface area contributed by atoms with E-state index >= 15 is 0 Å². The van der Waals surface area contributed by atoms with Gasteiger partial charge < -0.3 is 15.5 Å². The molecule has 0 bridgehead atoms. The van der Waals surface area contributed by atoms with Crippen molar-refractivity contribution in [3.8, 4) is 0 Å². The normalized spacial score (nSPS) is 10.3. The van der Waals surface area contributed by atoms with Gasteiger partial charge in [-0.05, 0) is 36.8 Å². The molecule has 0 atom stereocenters. The molecule has 4 heteroatoms. The molecular weight excluding hydrogens is 228 g/mol. The van der Waals surface area contributed by atoms with Gasteiger partial charge in [0.05, 0.1) is 6.26 Å². The number of nitrogens with one attached hydrogen (secondary N) is 1. The van der Waals surface area contributed by atoms with Crippen molar-refractivity contribution in [3.63, 3.8) is 0 Å². The standard InChI is InChI=1S/C14H16N2O2/c1-10-12(15)5-2-6-13(10)16-14(17)8-7-11-4-3-9-18-11/h2-6,9H,7-8,15H2,1H3,(H,16,17). The number of hydrogen-bond donors (Lipinski definition) is 2. The van der Waals surface area contributed by atoms with Gasteiger partial charge in [0.1, 0.15) is 5.76 Å². The van der Waals surface area contributed by atoms with Crippen LogP contribution in [0.1, 0.15) is 17.7 Å². The van der Waals surface area contributed by atoms with Crippen molar-refractivity contribution in [1.29, 1.82) is 0 Å². The zero-order valence-corrected chi connectivity index (χ0v) is 10.3. The minimum Gasteiger partial charge on any atom is -0.469 e. The first-order chi connectivity index (χ1) is 8.66.